The number of fused-ring (bicyclic) bond motifs is 1. The van der Waals surface area contributed by atoms with E-state index in [1.807, 2.05) is 67.6 Å². The van der Waals surface area contributed by atoms with Gasteiger partial charge in [0.1, 0.15) is 18.5 Å². The van der Waals surface area contributed by atoms with Crippen LogP contribution in [-0.2, 0) is 11.6 Å². The summed E-state index contributed by atoms with van der Waals surface area (Å²) in [7, 11) is -0.565. The molecule has 1 N–H and O–H groups in total. The average Bonchev–Trinajstić information content (AvgIpc) is 3.05. The number of hydrogen-bond acceptors (Lipinski definition) is 4. The van der Waals surface area contributed by atoms with Crippen LogP contribution in [0.1, 0.15) is 38.7 Å². The number of rotatable bonds is 8. The van der Waals surface area contributed by atoms with Gasteiger partial charge in [0.25, 0.3) is 5.56 Å². The van der Waals surface area contributed by atoms with Gasteiger partial charge in [0.15, 0.2) is 0 Å². The molecule has 0 bridgehead atoms. The Kier molecular flexibility index (Phi) is 7.57. The zero-order chi connectivity index (χ0) is 25.0. The first kappa shape index (κ1) is 24.9. The van der Waals surface area contributed by atoms with Crippen molar-refractivity contribution in [3.8, 4) is 11.1 Å². The minimum absolute atomic E-state index is 0.0663. The van der Waals surface area contributed by atoms with E-state index in [0.29, 0.717) is 23.3 Å². The zero-order valence-corrected chi connectivity index (χ0v) is 21.9. The fourth-order valence-corrected chi connectivity index (χ4v) is 7.58. The van der Waals surface area contributed by atoms with E-state index in [1.165, 1.54) is 0 Å². The molecular weight excluding hydrogens is 453 g/mol. The van der Waals surface area contributed by atoms with Crippen molar-refractivity contribution in [1.29, 1.82) is 0 Å². The van der Waals surface area contributed by atoms with Crippen LogP contribution in [0.5, 0.6) is 0 Å². The Morgan fingerprint density at radius 3 is 2.31 bits per heavy atom. The monoisotopic (exact) mass is 487 g/mol. The van der Waals surface area contributed by atoms with Crippen molar-refractivity contribution in [3.05, 3.63) is 93.1 Å². The van der Waals surface area contributed by atoms with Crippen molar-refractivity contribution in [2.75, 3.05) is 17.6 Å². The molecule has 1 aromatic heterocycles. The first-order chi connectivity index (χ1) is 16.9. The first-order valence-electron chi connectivity index (χ1n) is 12.4. The Labute approximate surface area is 207 Å². The summed E-state index contributed by atoms with van der Waals surface area (Å²) in [5, 5.41) is 5.26. The molecule has 0 amide bonds. The van der Waals surface area contributed by atoms with E-state index in [4.69, 9.17) is 4.99 Å². The number of allylic oxidation sites excluding steroid dienone is 1. The average molecular weight is 488 g/mol. The molecule has 2 heterocycles. The molecule has 3 aromatic rings. The van der Waals surface area contributed by atoms with E-state index >= 15 is 0 Å². The Morgan fingerprint density at radius 1 is 0.971 bits per heavy atom. The summed E-state index contributed by atoms with van der Waals surface area (Å²) in [4.78, 5) is 18.0. The lowest BCUT2D eigenvalue weighted by Crippen LogP contribution is -2.42. The van der Waals surface area contributed by atoms with Gasteiger partial charge in [0.05, 0.1) is 0 Å². The van der Waals surface area contributed by atoms with Gasteiger partial charge in [-0.1, -0.05) is 44.2 Å². The second kappa shape index (κ2) is 10.6. The lowest BCUT2D eigenvalue weighted by molar-refractivity contribution is 0.579. The van der Waals surface area contributed by atoms with Crippen molar-refractivity contribution in [3.63, 3.8) is 0 Å². The number of aromatic nitrogens is 1. The van der Waals surface area contributed by atoms with Crippen LogP contribution in [0.15, 0.2) is 76.3 Å². The number of nitrogens with zero attached hydrogens (tertiary/aromatic N) is 2. The predicted molar refractivity (Wildman–Crippen MR) is 147 cm³/mol. The van der Waals surface area contributed by atoms with Crippen LogP contribution in [0.3, 0.4) is 0 Å². The summed E-state index contributed by atoms with van der Waals surface area (Å²) >= 11 is 0. The molecule has 0 fully saturated rings. The Hall–Kier alpha value is -3.17. The third-order valence-electron chi connectivity index (χ3n) is 6.50. The molecule has 4 rings (SSSR count). The summed E-state index contributed by atoms with van der Waals surface area (Å²) in [6.45, 7) is 6.20. The third-order valence-corrected chi connectivity index (χ3v) is 10.1. The molecule has 0 saturated carbocycles. The Morgan fingerprint density at radius 2 is 1.66 bits per heavy atom. The third kappa shape index (κ3) is 5.26. The highest BCUT2D eigenvalue weighted by Crippen LogP contribution is 2.45. The number of aryl methyl sites for hydroxylation is 1. The normalized spacial score (nSPS) is 13.2. The fourth-order valence-electron chi connectivity index (χ4n) is 4.70. The van der Waals surface area contributed by atoms with Gasteiger partial charge >= 0.3 is 0 Å². The molecule has 35 heavy (non-hydrogen) atoms. The van der Waals surface area contributed by atoms with Gasteiger partial charge in [0, 0.05) is 41.1 Å². The van der Waals surface area contributed by atoms with E-state index < -0.39 is 7.14 Å². The summed E-state index contributed by atoms with van der Waals surface area (Å²) < 4.78 is 15.1. The van der Waals surface area contributed by atoms with Crippen LogP contribution < -0.4 is 26.9 Å². The van der Waals surface area contributed by atoms with Crippen LogP contribution in [-0.4, -0.2) is 16.9 Å². The molecule has 2 aromatic carbocycles. The second-order valence-electron chi connectivity index (χ2n) is 9.17. The van der Waals surface area contributed by atoms with Gasteiger partial charge in [-0.05, 0) is 73.7 Å². The lowest BCUT2D eigenvalue weighted by atomic mass is 10.0. The van der Waals surface area contributed by atoms with Crippen molar-refractivity contribution in [2.24, 2.45) is 12.0 Å². The van der Waals surface area contributed by atoms with Gasteiger partial charge in [-0.25, -0.2) is 4.99 Å². The number of hydrogen-bond donors (Lipinski definition) is 1. The molecule has 0 radical (unpaired) electrons. The summed E-state index contributed by atoms with van der Waals surface area (Å²) in [6, 6.07) is 17.8. The van der Waals surface area contributed by atoms with Crippen molar-refractivity contribution >= 4 is 24.2 Å². The molecule has 0 atom stereocenters. The Balaban J connectivity index is 1.66. The SMILES string of the molecule is CCCP(=O)(CCC)c1ccc(NC2=CCC=c3cc(-c4ccccc4C)c(=O)n(C)c3=N2)cc1. The molecule has 0 saturated heterocycles. The number of anilines is 1. The standard InChI is InChI=1S/C29H34N3O2P/c1-5-18-35(34,19-6-2)24-16-14-23(15-17-24)30-27-13-9-11-22-20-26(25-12-8-7-10-21(25)3)29(33)32(4)28(22)31-27/h7-8,10-17,20,30H,5-6,9,18-19H2,1-4H3. The molecule has 6 heteroatoms. The molecule has 182 valence electrons. The highest BCUT2D eigenvalue weighted by molar-refractivity contribution is 7.71. The summed E-state index contributed by atoms with van der Waals surface area (Å²) in [5.74, 6) is 0.691. The van der Waals surface area contributed by atoms with Crippen molar-refractivity contribution in [1.82, 2.24) is 4.57 Å². The number of benzene rings is 2. The van der Waals surface area contributed by atoms with Gasteiger partial charge in [0.2, 0.25) is 0 Å². The zero-order valence-electron chi connectivity index (χ0n) is 21.0. The van der Waals surface area contributed by atoms with E-state index in [9.17, 15) is 9.36 Å². The second-order valence-corrected chi connectivity index (χ2v) is 12.4. The molecule has 1 aliphatic rings. The van der Waals surface area contributed by atoms with E-state index in [0.717, 1.165) is 52.5 Å². The van der Waals surface area contributed by atoms with Crippen molar-refractivity contribution in [2.45, 2.75) is 40.0 Å². The largest absolute Gasteiger partial charge is 0.340 e. The quantitative estimate of drug-likeness (QED) is 0.459. The maximum atomic E-state index is 13.4. The van der Waals surface area contributed by atoms with Crippen LogP contribution in [0, 0.1) is 6.92 Å². The van der Waals surface area contributed by atoms with E-state index in [2.05, 4.69) is 25.2 Å². The molecular formula is C29H34N3O2P. The van der Waals surface area contributed by atoms with Gasteiger partial charge in [-0.2, -0.15) is 0 Å². The van der Waals surface area contributed by atoms with E-state index in [-0.39, 0.29) is 5.56 Å². The number of nitrogens with one attached hydrogen (secondary N) is 1. The first-order valence-corrected chi connectivity index (χ1v) is 14.4. The van der Waals surface area contributed by atoms with E-state index in [1.54, 1.807) is 11.6 Å². The van der Waals surface area contributed by atoms with Crippen LogP contribution >= 0.6 is 7.14 Å². The topological polar surface area (TPSA) is 63.5 Å². The maximum Gasteiger partial charge on any atom is 0.259 e. The van der Waals surface area contributed by atoms with Crippen LogP contribution in [0.4, 0.5) is 5.69 Å². The van der Waals surface area contributed by atoms with Gasteiger partial charge in [-0.15, -0.1) is 0 Å². The number of pyridine rings is 1. The molecule has 0 aliphatic carbocycles. The molecule has 1 aliphatic heterocycles. The van der Waals surface area contributed by atoms with Crippen molar-refractivity contribution < 1.29 is 4.57 Å². The predicted octanol–water partition coefficient (Wildman–Crippen LogP) is 4.93. The lowest BCUT2D eigenvalue weighted by Gasteiger charge is -2.18. The van der Waals surface area contributed by atoms with Gasteiger partial charge in [-0.3, -0.25) is 9.36 Å². The van der Waals surface area contributed by atoms with Gasteiger partial charge < -0.3 is 9.88 Å². The summed E-state index contributed by atoms with van der Waals surface area (Å²) in [6.07, 6.45) is 8.16. The van der Waals surface area contributed by atoms with Crippen LogP contribution in [0.2, 0.25) is 0 Å². The fraction of sp³-hybridized carbons (Fsp3) is 0.310. The Bertz CT molecular complexity index is 1470. The molecule has 0 spiro atoms. The van der Waals surface area contributed by atoms with Crippen LogP contribution in [0.25, 0.3) is 17.2 Å². The summed E-state index contributed by atoms with van der Waals surface area (Å²) in [5.41, 5.74) is 4.16. The minimum atomic E-state index is -2.34. The highest BCUT2D eigenvalue weighted by Gasteiger charge is 2.22. The molecule has 5 nitrogen and oxygen atoms in total. The maximum absolute atomic E-state index is 13.4. The minimum Gasteiger partial charge on any atom is -0.340 e. The highest BCUT2D eigenvalue weighted by atomic mass is 31.2. The smallest absolute Gasteiger partial charge is 0.259 e. The molecule has 0 unspecified atom stereocenters.